The minimum absolute atomic E-state index is 0.116. The second-order valence-corrected chi connectivity index (χ2v) is 7.34. The molecule has 126 valence electrons. The highest BCUT2D eigenvalue weighted by Crippen LogP contribution is 2.40. The maximum Gasteiger partial charge on any atom is 0.0622 e. The van der Waals surface area contributed by atoms with Crippen molar-refractivity contribution in [1.29, 1.82) is 5.26 Å². The molecule has 1 saturated heterocycles. The van der Waals surface area contributed by atoms with Gasteiger partial charge in [0.05, 0.1) is 11.6 Å². The zero-order valence-electron chi connectivity index (χ0n) is 14.5. The Labute approximate surface area is 143 Å². The number of likely N-dealkylation sites (tertiary alicyclic amines) is 1. The fourth-order valence-corrected chi connectivity index (χ4v) is 4.57. The fraction of sp³-hybridized carbons (Fsp3) is 0.550. The lowest BCUT2D eigenvalue weighted by Gasteiger charge is -2.45. The monoisotopic (exact) mass is 322 g/mol. The van der Waals surface area contributed by atoms with Gasteiger partial charge in [-0.15, -0.1) is 0 Å². The van der Waals surface area contributed by atoms with Crippen molar-refractivity contribution in [2.45, 2.75) is 44.6 Å². The molecule has 3 heterocycles. The molecule has 1 fully saturated rings. The number of nitrogens with one attached hydrogen (secondary N) is 2. The number of hydrogen-bond donors (Lipinski definition) is 2. The smallest absolute Gasteiger partial charge is 0.0622 e. The van der Waals surface area contributed by atoms with Gasteiger partial charge in [-0.1, -0.05) is 18.2 Å². The van der Waals surface area contributed by atoms with Crippen molar-refractivity contribution in [3.05, 3.63) is 35.0 Å². The van der Waals surface area contributed by atoms with Gasteiger partial charge >= 0.3 is 0 Å². The van der Waals surface area contributed by atoms with Crippen molar-refractivity contribution in [3.8, 4) is 6.07 Å². The fourth-order valence-electron chi connectivity index (χ4n) is 4.57. The molecule has 0 atom stereocenters. The maximum atomic E-state index is 8.71. The molecule has 2 N–H and O–H groups in total. The van der Waals surface area contributed by atoms with Crippen molar-refractivity contribution in [3.63, 3.8) is 0 Å². The van der Waals surface area contributed by atoms with E-state index in [0.717, 1.165) is 51.9 Å². The Hall–Kier alpha value is -1.83. The Kier molecular flexibility index (Phi) is 4.07. The van der Waals surface area contributed by atoms with Crippen LogP contribution in [0, 0.1) is 18.3 Å². The summed E-state index contributed by atoms with van der Waals surface area (Å²) in [5, 5.41) is 14.0. The van der Waals surface area contributed by atoms with Gasteiger partial charge in [0.25, 0.3) is 0 Å². The summed E-state index contributed by atoms with van der Waals surface area (Å²) >= 11 is 0. The first-order valence-corrected chi connectivity index (χ1v) is 9.18. The summed E-state index contributed by atoms with van der Waals surface area (Å²) in [5.41, 5.74) is 5.75. The van der Waals surface area contributed by atoms with E-state index in [2.05, 4.69) is 46.4 Å². The molecule has 0 amide bonds. The predicted molar refractivity (Wildman–Crippen MR) is 96.9 cm³/mol. The highest BCUT2D eigenvalue weighted by molar-refractivity contribution is 5.88. The van der Waals surface area contributed by atoms with Crippen molar-refractivity contribution >= 4 is 10.9 Å². The molecule has 2 aliphatic heterocycles. The van der Waals surface area contributed by atoms with E-state index in [-0.39, 0.29) is 5.54 Å². The molecule has 1 aromatic heterocycles. The summed E-state index contributed by atoms with van der Waals surface area (Å²) < 4.78 is 0. The number of H-pyrrole nitrogens is 1. The Morgan fingerprint density at radius 3 is 2.92 bits per heavy atom. The second-order valence-electron chi connectivity index (χ2n) is 7.34. The van der Waals surface area contributed by atoms with E-state index in [4.69, 9.17) is 5.26 Å². The number of nitrogens with zero attached hydrogens (tertiary/aromatic N) is 2. The van der Waals surface area contributed by atoms with Gasteiger partial charge in [0, 0.05) is 42.7 Å². The van der Waals surface area contributed by atoms with E-state index >= 15 is 0 Å². The molecule has 2 aliphatic rings. The van der Waals surface area contributed by atoms with Crippen LogP contribution in [0.1, 0.15) is 42.5 Å². The first-order valence-electron chi connectivity index (χ1n) is 9.18. The number of para-hydroxylation sites is 1. The zero-order chi connectivity index (χ0) is 16.6. The molecule has 0 saturated carbocycles. The average Bonchev–Trinajstić information content (AvgIpc) is 2.99. The van der Waals surface area contributed by atoms with Crippen LogP contribution in [0.4, 0.5) is 0 Å². The van der Waals surface area contributed by atoms with E-state index in [9.17, 15) is 0 Å². The van der Waals surface area contributed by atoms with Crippen LogP contribution in [0.2, 0.25) is 0 Å². The second kappa shape index (κ2) is 6.23. The quantitative estimate of drug-likeness (QED) is 0.853. The number of aromatic amines is 1. The van der Waals surface area contributed by atoms with Crippen LogP contribution < -0.4 is 5.32 Å². The lowest BCUT2D eigenvalue weighted by Crippen LogP contribution is -2.54. The van der Waals surface area contributed by atoms with Crippen LogP contribution in [0.25, 0.3) is 10.9 Å². The molecule has 4 heteroatoms. The number of aromatic nitrogens is 1. The van der Waals surface area contributed by atoms with E-state index in [0.29, 0.717) is 6.42 Å². The number of hydrogen-bond acceptors (Lipinski definition) is 3. The van der Waals surface area contributed by atoms with Crippen LogP contribution in [0.3, 0.4) is 0 Å². The third-order valence-corrected chi connectivity index (χ3v) is 5.94. The lowest BCUT2D eigenvalue weighted by molar-refractivity contribution is 0.126. The molecule has 4 nitrogen and oxygen atoms in total. The summed E-state index contributed by atoms with van der Waals surface area (Å²) in [6.45, 7) is 6.56. The van der Waals surface area contributed by atoms with Gasteiger partial charge in [0.2, 0.25) is 0 Å². The standard InChI is InChI=1S/C20H26N4/c1-15-5-4-6-16-17-7-11-22-20(19(17)23-18(15)16)8-13-24(14-9-20)12-3-2-10-21/h4-6,22-23H,2-3,7-9,11-14H2,1H3. The molecule has 0 aliphatic carbocycles. The van der Waals surface area contributed by atoms with Gasteiger partial charge in [0.15, 0.2) is 0 Å². The van der Waals surface area contributed by atoms with Gasteiger partial charge in [-0.3, -0.25) is 0 Å². The number of unbranched alkanes of at least 4 members (excludes halogenated alkanes) is 1. The third-order valence-electron chi connectivity index (χ3n) is 5.94. The predicted octanol–water partition coefficient (Wildman–Crippen LogP) is 3.22. The van der Waals surface area contributed by atoms with Gasteiger partial charge < -0.3 is 15.2 Å². The summed E-state index contributed by atoms with van der Waals surface area (Å²) in [6.07, 6.45) is 5.09. The van der Waals surface area contributed by atoms with E-state index in [1.165, 1.54) is 27.7 Å². The summed E-state index contributed by atoms with van der Waals surface area (Å²) in [7, 11) is 0. The number of fused-ring (bicyclic) bond motifs is 4. The van der Waals surface area contributed by atoms with Crippen molar-refractivity contribution in [2.24, 2.45) is 0 Å². The topological polar surface area (TPSA) is 54.9 Å². The van der Waals surface area contributed by atoms with Gasteiger partial charge in [-0.05, 0) is 50.3 Å². The van der Waals surface area contributed by atoms with Crippen LogP contribution in [0.5, 0.6) is 0 Å². The Balaban J connectivity index is 1.60. The molecule has 1 aromatic carbocycles. The molecule has 4 rings (SSSR count). The van der Waals surface area contributed by atoms with Crippen molar-refractivity contribution < 1.29 is 0 Å². The molecule has 0 radical (unpaired) electrons. The average molecular weight is 322 g/mol. The molecular weight excluding hydrogens is 296 g/mol. The van der Waals surface area contributed by atoms with E-state index in [1.807, 2.05) is 0 Å². The van der Waals surface area contributed by atoms with E-state index < -0.39 is 0 Å². The first-order chi connectivity index (χ1) is 11.7. The van der Waals surface area contributed by atoms with Crippen molar-refractivity contribution in [1.82, 2.24) is 15.2 Å². The minimum Gasteiger partial charge on any atom is -0.356 e. The zero-order valence-corrected chi connectivity index (χ0v) is 14.5. The van der Waals surface area contributed by atoms with Crippen LogP contribution in [-0.4, -0.2) is 36.1 Å². The number of rotatable bonds is 3. The Morgan fingerprint density at radius 2 is 2.12 bits per heavy atom. The molecule has 24 heavy (non-hydrogen) atoms. The molecule has 1 spiro atoms. The number of aryl methyl sites for hydroxylation is 1. The van der Waals surface area contributed by atoms with Crippen LogP contribution in [0.15, 0.2) is 18.2 Å². The molecular formula is C20H26N4. The molecule has 2 aromatic rings. The Morgan fingerprint density at radius 1 is 1.29 bits per heavy atom. The lowest BCUT2D eigenvalue weighted by atomic mass is 9.79. The largest absolute Gasteiger partial charge is 0.356 e. The van der Waals surface area contributed by atoms with Gasteiger partial charge in [-0.2, -0.15) is 5.26 Å². The van der Waals surface area contributed by atoms with Gasteiger partial charge in [0.1, 0.15) is 0 Å². The number of piperidine rings is 1. The minimum atomic E-state index is 0.116. The molecule has 0 bridgehead atoms. The Bertz CT molecular complexity index is 775. The first kappa shape index (κ1) is 15.7. The van der Waals surface area contributed by atoms with E-state index in [1.54, 1.807) is 0 Å². The molecule has 0 unspecified atom stereocenters. The third kappa shape index (κ3) is 2.53. The van der Waals surface area contributed by atoms with Crippen molar-refractivity contribution in [2.75, 3.05) is 26.2 Å². The summed E-state index contributed by atoms with van der Waals surface area (Å²) in [5.74, 6) is 0. The van der Waals surface area contributed by atoms with Crippen LogP contribution >= 0.6 is 0 Å². The number of benzene rings is 1. The van der Waals surface area contributed by atoms with Gasteiger partial charge in [-0.25, -0.2) is 0 Å². The number of nitriles is 1. The summed E-state index contributed by atoms with van der Waals surface area (Å²) in [4.78, 5) is 6.31. The van der Waals surface area contributed by atoms with Crippen LogP contribution in [-0.2, 0) is 12.0 Å². The highest BCUT2D eigenvalue weighted by Gasteiger charge is 2.41. The normalized spacial score (nSPS) is 20.2. The maximum absolute atomic E-state index is 8.71. The summed E-state index contributed by atoms with van der Waals surface area (Å²) in [6, 6.07) is 8.90. The highest BCUT2D eigenvalue weighted by atomic mass is 15.2. The SMILES string of the molecule is Cc1cccc2c3c([nH]c12)C1(CCN(CCCC#N)CC1)NCC3.